The monoisotopic (exact) mass is 250 g/mol. The van der Waals surface area contributed by atoms with E-state index in [1.165, 1.54) is 25.1 Å². The maximum absolute atomic E-state index is 11.2. The second-order valence-electron chi connectivity index (χ2n) is 3.43. The first-order valence-corrected chi connectivity index (χ1v) is 5.35. The van der Waals surface area contributed by atoms with Crippen LogP contribution in [0.5, 0.6) is 5.75 Å². The maximum atomic E-state index is 11.2. The highest BCUT2D eigenvalue weighted by Crippen LogP contribution is 2.10. The molecule has 0 aliphatic carbocycles. The summed E-state index contributed by atoms with van der Waals surface area (Å²) < 4.78 is 9.39. The molecule has 1 rings (SSSR count). The van der Waals surface area contributed by atoms with Gasteiger partial charge in [-0.3, -0.25) is 4.79 Å². The summed E-state index contributed by atoms with van der Waals surface area (Å²) in [6.45, 7) is 1.36. The first-order valence-electron chi connectivity index (χ1n) is 5.35. The fourth-order valence-electron chi connectivity index (χ4n) is 1.13. The Bertz CT molecular complexity index is 433. The number of carbonyl (C=O) groups is 2. The van der Waals surface area contributed by atoms with Crippen molar-refractivity contribution in [2.24, 2.45) is 0 Å². The molecule has 1 aromatic rings. The third-order valence-corrected chi connectivity index (χ3v) is 1.94. The van der Waals surface area contributed by atoms with Crippen molar-refractivity contribution in [2.45, 2.75) is 6.92 Å². The second kappa shape index (κ2) is 7.11. The summed E-state index contributed by atoms with van der Waals surface area (Å²) in [6, 6.07) is 6.37. The molecule has 1 aromatic carbocycles. The van der Waals surface area contributed by atoms with Gasteiger partial charge in [0.15, 0.2) is 0 Å². The van der Waals surface area contributed by atoms with Crippen LogP contribution in [0, 0.1) is 0 Å². The number of hydrogen-bond donors (Lipinski definition) is 1. The Morgan fingerprint density at radius 2 is 1.78 bits per heavy atom. The van der Waals surface area contributed by atoms with Gasteiger partial charge in [-0.25, -0.2) is 4.79 Å². The number of esters is 2. The third-order valence-electron chi connectivity index (χ3n) is 1.94. The van der Waals surface area contributed by atoms with Crippen molar-refractivity contribution in [2.75, 3.05) is 13.2 Å². The van der Waals surface area contributed by atoms with E-state index in [1.54, 1.807) is 18.2 Å². The first-order chi connectivity index (χ1) is 8.58. The number of ether oxygens (including phenoxy) is 2. The Labute approximate surface area is 105 Å². The summed E-state index contributed by atoms with van der Waals surface area (Å²) in [5.41, 5.74) is 0.768. The lowest BCUT2D eigenvalue weighted by Crippen LogP contribution is -2.10. The van der Waals surface area contributed by atoms with Gasteiger partial charge < -0.3 is 14.6 Å². The van der Waals surface area contributed by atoms with Gasteiger partial charge in [0.25, 0.3) is 0 Å². The predicted molar refractivity (Wildman–Crippen MR) is 64.7 cm³/mol. The van der Waals surface area contributed by atoms with E-state index in [2.05, 4.69) is 4.74 Å². The second-order valence-corrected chi connectivity index (χ2v) is 3.43. The number of phenolic OH excluding ortho intramolecular Hbond substituents is 1. The molecule has 96 valence electrons. The molecule has 0 saturated carbocycles. The Morgan fingerprint density at radius 1 is 1.17 bits per heavy atom. The Kier molecular flexibility index (Phi) is 5.44. The Hall–Kier alpha value is -2.30. The van der Waals surface area contributed by atoms with E-state index in [-0.39, 0.29) is 19.0 Å². The average molecular weight is 250 g/mol. The molecule has 0 heterocycles. The highest BCUT2D eigenvalue weighted by molar-refractivity contribution is 5.87. The van der Waals surface area contributed by atoms with Crippen LogP contribution in [-0.2, 0) is 19.1 Å². The van der Waals surface area contributed by atoms with E-state index in [0.29, 0.717) is 0 Å². The van der Waals surface area contributed by atoms with Gasteiger partial charge in [0.05, 0.1) is 0 Å². The number of benzene rings is 1. The van der Waals surface area contributed by atoms with E-state index in [0.717, 1.165) is 5.56 Å². The minimum Gasteiger partial charge on any atom is -0.508 e. The number of aromatic hydroxyl groups is 1. The molecule has 0 atom stereocenters. The zero-order chi connectivity index (χ0) is 13.4. The maximum Gasteiger partial charge on any atom is 0.330 e. The molecule has 0 saturated heterocycles. The first kappa shape index (κ1) is 13.8. The average Bonchev–Trinajstić information content (AvgIpc) is 2.34. The van der Waals surface area contributed by atoms with Crippen molar-refractivity contribution in [3.8, 4) is 5.75 Å². The zero-order valence-electron chi connectivity index (χ0n) is 9.96. The molecule has 0 aromatic heterocycles. The minimum atomic E-state index is -0.518. The van der Waals surface area contributed by atoms with Crippen molar-refractivity contribution in [1.82, 2.24) is 0 Å². The van der Waals surface area contributed by atoms with Crippen molar-refractivity contribution in [3.05, 3.63) is 35.9 Å². The molecule has 0 spiro atoms. The fourth-order valence-corrected chi connectivity index (χ4v) is 1.13. The van der Waals surface area contributed by atoms with E-state index in [9.17, 15) is 9.59 Å². The fraction of sp³-hybridized carbons (Fsp3) is 0.231. The SMILES string of the molecule is CC(=O)OCCOC(=O)C=Cc1ccc(O)cc1. The van der Waals surface area contributed by atoms with Gasteiger partial charge in [0, 0.05) is 13.0 Å². The predicted octanol–water partition coefficient (Wildman–Crippen LogP) is 1.51. The highest BCUT2D eigenvalue weighted by atomic mass is 16.6. The van der Waals surface area contributed by atoms with Gasteiger partial charge in [-0.1, -0.05) is 12.1 Å². The molecule has 0 aliphatic heterocycles. The summed E-state index contributed by atoms with van der Waals surface area (Å²) in [6.07, 6.45) is 2.83. The third kappa shape index (κ3) is 5.69. The van der Waals surface area contributed by atoms with Gasteiger partial charge in [0.1, 0.15) is 19.0 Å². The van der Waals surface area contributed by atoms with Crippen LogP contribution in [0.15, 0.2) is 30.3 Å². The Balaban J connectivity index is 2.31. The molecule has 0 amide bonds. The van der Waals surface area contributed by atoms with Crippen LogP contribution in [0.4, 0.5) is 0 Å². The van der Waals surface area contributed by atoms with Crippen LogP contribution in [0.1, 0.15) is 12.5 Å². The van der Waals surface area contributed by atoms with Crippen LogP contribution >= 0.6 is 0 Å². The lowest BCUT2D eigenvalue weighted by atomic mass is 10.2. The normalized spacial score (nSPS) is 10.3. The van der Waals surface area contributed by atoms with Crippen molar-refractivity contribution < 1.29 is 24.2 Å². The smallest absolute Gasteiger partial charge is 0.330 e. The number of hydrogen-bond acceptors (Lipinski definition) is 5. The molecule has 0 bridgehead atoms. The van der Waals surface area contributed by atoms with Crippen LogP contribution in [0.3, 0.4) is 0 Å². The molecule has 0 aliphatic rings. The van der Waals surface area contributed by atoms with Crippen LogP contribution in [-0.4, -0.2) is 30.3 Å². The molecule has 1 N–H and O–H groups in total. The topological polar surface area (TPSA) is 72.8 Å². The highest BCUT2D eigenvalue weighted by Gasteiger charge is 1.98. The molecule has 18 heavy (non-hydrogen) atoms. The number of phenols is 1. The van der Waals surface area contributed by atoms with Gasteiger partial charge in [-0.2, -0.15) is 0 Å². The van der Waals surface area contributed by atoms with Crippen LogP contribution < -0.4 is 0 Å². The summed E-state index contributed by atoms with van der Waals surface area (Å²) in [5, 5.41) is 9.07. The van der Waals surface area contributed by atoms with E-state index < -0.39 is 11.9 Å². The van der Waals surface area contributed by atoms with Crippen molar-refractivity contribution in [3.63, 3.8) is 0 Å². The largest absolute Gasteiger partial charge is 0.508 e. The van der Waals surface area contributed by atoms with E-state index in [1.807, 2.05) is 0 Å². The van der Waals surface area contributed by atoms with Gasteiger partial charge in [-0.05, 0) is 23.8 Å². The van der Waals surface area contributed by atoms with Crippen molar-refractivity contribution >= 4 is 18.0 Å². The van der Waals surface area contributed by atoms with Crippen molar-refractivity contribution in [1.29, 1.82) is 0 Å². The quantitative estimate of drug-likeness (QED) is 0.487. The van der Waals surface area contributed by atoms with Crippen LogP contribution in [0.2, 0.25) is 0 Å². The molecule has 5 nitrogen and oxygen atoms in total. The Morgan fingerprint density at radius 3 is 2.39 bits per heavy atom. The molecule has 0 fully saturated rings. The lowest BCUT2D eigenvalue weighted by molar-refractivity contribution is -0.147. The van der Waals surface area contributed by atoms with Gasteiger partial charge >= 0.3 is 11.9 Å². The van der Waals surface area contributed by atoms with E-state index >= 15 is 0 Å². The molecule has 0 radical (unpaired) electrons. The molecular weight excluding hydrogens is 236 g/mol. The zero-order valence-corrected chi connectivity index (χ0v) is 9.96. The van der Waals surface area contributed by atoms with Gasteiger partial charge in [-0.15, -0.1) is 0 Å². The lowest BCUT2D eigenvalue weighted by Gasteiger charge is -2.02. The molecule has 0 unspecified atom stereocenters. The standard InChI is InChI=1S/C13H14O5/c1-10(14)17-8-9-18-13(16)7-4-11-2-5-12(15)6-3-11/h2-7,15H,8-9H2,1H3. The molecular formula is C13H14O5. The van der Waals surface area contributed by atoms with Crippen LogP contribution in [0.25, 0.3) is 6.08 Å². The number of carbonyl (C=O) groups excluding carboxylic acids is 2. The molecule has 5 heteroatoms. The minimum absolute atomic E-state index is 0.0261. The number of rotatable bonds is 5. The van der Waals surface area contributed by atoms with Gasteiger partial charge in [0.2, 0.25) is 0 Å². The van der Waals surface area contributed by atoms with E-state index in [4.69, 9.17) is 9.84 Å². The summed E-state index contributed by atoms with van der Waals surface area (Å²) >= 11 is 0. The summed E-state index contributed by atoms with van der Waals surface area (Å²) in [5.74, 6) is -0.767. The summed E-state index contributed by atoms with van der Waals surface area (Å²) in [7, 11) is 0. The summed E-state index contributed by atoms with van der Waals surface area (Å²) in [4.78, 5) is 21.7.